The second-order valence-corrected chi connectivity index (χ2v) is 14.3. The number of benzene rings is 7. The molecule has 5 heteroatoms. The Morgan fingerprint density at radius 1 is 0.446 bits per heavy atom. The van der Waals surface area contributed by atoms with Crippen LogP contribution >= 0.6 is 0 Å². The van der Waals surface area contributed by atoms with Crippen molar-refractivity contribution in [2.24, 2.45) is 0 Å². The molecule has 56 heavy (non-hydrogen) atoms. The number of rotatable bonds is 6. The molecule has 5 nitrogen and oxygen atoms in total. The molecule has 0 spiro atoms. The van der Waals surface area contributed by atoms with Crippen LogP contribution < -0.4 is 4.90 Å². The van der Waals surface area contributed by atoms with Crippen molar-refractivity contribution in [2.75, 3.05) is 4.90 Å². The molecule has 2 unspecified atom stereocenters. The van der Waals surface area contributed by atoms with E-state index in [4.69, 9.17) is 19.4 Å². The normalized spacial score (nSPS) is 15.4. The Hall–Kier alpha value is -7.37. The van der Waals surface area contributed by atoms with Gasteiger partial charge in [-0.15, -0.1) is 0 Å². The average Bonchev–Trinajstić information content (AvgIpc) is 3.83. The predicted octanol–water partition coefficient (Wildman–Crippen LogP) is 12.6. The van der Waals surface area contributed by atoms with Crippen molar-refractivity contribution in [3.8, 4) is 56.4 Å². The second-order valence-electron chi connectivity index (χ2n) is 14.3. The van der Waals surface area contributed by atoms with Crippen LogP contribution in [-0.4, -0.2) is 21.0 Å². The quantitative estimate of drug-likeness (QED) is 0.171. The van der Waals surface area contributed by atoms with Crippen molar-refractivity contribution in [1.29, 1.82) is 0 Å². The molecule has 0 bridgehead atoms. The molecule has 2 aromatic heterocycles. The third kappa shape index (κ3) is 5.36. The summed E-state index contributed by atoms with van der Waals surface area (Å²) in [5.41, 5.74) is 13.0. The van der Waals surface area contributed by atoms with E-state index in [-0.39, 0.29) is 12.0 Å². The summed E-state index contributed by atoms with van der Waals surface area (Å²) in [5.74, 6) is 2.76. The van der Waals surface area contributed by atoms with Crippen molar-refractivity contribution in [1.82, 2.24) is 15.0 Å². The third-order valence-corrected chi connectivity index (χ3v) is 11.1. The maximum Gasteiger partial charge on any atom is 0.164 e. The summed E-state index contributed by atoms with van der Waals surface area (Å²) in [6.07, 6.45) is 4.44. The highest BCUT2D eigenvalue weighted by atomic mass is 16.3. The van der Waals surface area contributed by atoms with Crippen LogP contribution in [0.3, 0.4) is 0 Å². The van der Waals surface area contributed by atoms with Crippen LogP contribution in [0.5, 0.6) is 0 Å². The Labute approximate surface area is 324 Å². The highest BCUT2D eigenvalue weighted by molar-refractivity contribution is 5.99. The van der Waals surface area contributed by atoms with Gasteiger partial charge < -0.3 is 9.32 Å². The minimum absolute atomic E-state index is 0.0469. The first kappa shape index (κ1) is 32.1. The summed E-state index contributed by atoms with van der Waals surface area (Å²) in [6, 6.07) is 63.5. The molecule has 11 rings (SSSR count). The van der Waals surface area contributed by atoms with E-state index >= 15 is 0 Å². The van der Waals surface area contributed by atoms with Crippen LogP contribution in [0.15, 0.2) is 192 Å². The molecule has 0 saturated heterocycles. The summed E-state index contributed by atoms with van der Waals surface area (Å²) in [6.45, 7) is 0. The fourth-order valence-corrected chi connectivity index (χ4v) is 8.52. The van der Waals surface area contributed by atoms with Gasteiger partial charge in [0.2, 0.25) is 0 Å². The molecule has 9 aromatic rings. The number of nitrogens with zero attached hydrogens (tertiary/aromatic N) is 4. The van der Waals surface area contributed by atoms with Crippen molar-refractivity contribution < 1.29 is 4.42 Å². The lowest BCUT2D eigenvalue weighted by Gasteiger charge is -2.30. The van der Waals surface area contributed by atoms with Crippen molar-refractivity contribution in [2.45, 2.75) is 12.0 Å². The minimum atomic E-state index is 0.0469. The maximum absolute atomic E-state index is 6.68. The average molecular weight is 719 g/mol. The van der Waals surface area contributed by atoms with Crippen molar-refractivity contribution in [3.63, 3.8) is 0 Å². The summed E-state index contributed by atoms with van der Waals surface area (Å²) in [5, 5.41) is 1.04. The summed E-state index contributed by atoms with van der Waals surface area (Å²) in [4.78, 5) is 18.1. The highest BCUT2D eigenvalue weighted by Crippen LogP contribution is 2.54. The van der Waals surface area contributed by atoms with Gasteiger partial charge in [-0.05, 0) is 58.2 Å². The van der Waals surface area contributed by atoms with Gasteiger partial charge in [0.1, 0.15) is 11.3 Å². The largest absolute Gasteiger partial charge is 0.456 e. The van der Waals surface area contributed by atoms with E-state index in [9.17, 15) is 0 Å². The summed E-state index contributed by atoms with van der Waals surface area (Å²) < 4.78 is 6.68. The minimum Gasteiger partial charge on any atom is -0.456 e. The van der Waals surface area contributed by atoms with Crippen LogP contribution in [0.2, 0.25) is 0 Å². The molecule has 2 aliphatic rings. The van der Waals surface area contributed by atoms with Gasteiger partial charge in [-0.2, -0.15) is 0 Å². The zero-order valence-corrected chi connectivity index (χ0v) is 30.3. The molecule has 0 saturated carbocycles. The van der Waals surface area contributed by atoms with Crippen molar-refractivity contribution >= 4 is 28.4 Å². The van der Waals surface area contributed by atoms with Crippen LogP contribution in [0.1, 0.15) is 22.8 Å². The van der Waals surface area contributed by atoms with E-state index in [0.29, 0.717) is 17.5 Å². The fourth-order valence-electron chi connectivity index (χ4n) is 8.52. The van der Waals surface area contributed by atoms with Crippen molar-refractivity contribution in [3.05, 3.63) is 205 Å². The molecule has 0 radical (unpaired) electrons. The first-order chi connectivity index (χ1) is 27.8. The number of anilines is 2. The van der Waals surface area contributed by atoms with Gasteiger partial charge in [-0.1, -0.05) is 164 Å². The van der Waals surface area contributed by atoms with E-state index in [0.717, 1.165) is 66.9 Å². The van der Waals surface area contributed by atoms with E-state index in [1.165, 1.54) is 11.3 Å². The van der Waals surface area contributed by atoms with Crippen LogP contribution in [0, 0.1) is 0 Å². The Morgan fingerprint density at radius 3 is 1.59 bits per heavy atom. The SMILES string of the molecule is C1=CC2C(c3ccccc3N2c2ccccc2)c2c1oc1cccc(-c3nc(-c4ccc(-c5ccccc5)cc4)nc(-c4ccc(-c5ccccc5)cc4)n3)c21. The molecular formula is C51H34N4O. The van der Waals surface area contributed by atoms with E-state index in [1.807, 2.05) is 18.2 Å². The smallest absolute Gasteiger partial charge is 0.164 e. The van der Waals surface area contributed by atoms with Gasteiger partial charge in [-0.25, -0.2) is 15.0 Å². The molecule has 0 amide bonds. The fraction of sp³-hybridized carbons (Fsp3) is 0.0392. The van der Waals surface area contributed by atoms with Crippen LogP contribution in [0.4, 0.5) is 11.4 Å². The number of aromatic nitrogens is 3. The molecule has 0 N–H and O–H groups in total. The van der Waals surface area contributed by atoms with Gasteiger partial charge in [0.15, 0.2) is 17.5 Å². The molecule has 1 aliphatic heterocycles. The van der Waals surface area contributed by atoms with E-state index < -0.39 is 0 Å². The number of hydrogen-bond acceptors (Lipinski definition) is 5. The predicted molar refractivity (Wildman–Crippen MR) is 226 cm³/mol. The van der Waals surface area contributed by atoms with Crippen LogP contribution in [0.25, 0.3) is 73.5 Å². The Morgan fingerprint density at radius 2 is 0.964 bits per heavy atom. The lowest BCUT2D eigenvalue weighted by atomic mass is 9.82. The standard InChI is InChI=1S/C51H34N4O/c1-4-13-33(14-5-1)35-23-27-37(28-24-35)49-52-50(38-29-25-36(26-30-38)34-15-6-2-7-16-34)54-51(53-49)41-20-12-22-44-47(41)48-45(56-44)32-31-43-46(48)40-19-10-11-21-42(40)55(43)39-17-8-3-9-18-39/h1-32,43,46H. The molecule has 7 aromatic carbocycles. The summed E-state index contributed by atoms with van der Waals surface area (Å²) in [7, 11) is 0. The molecule has 2 atom stereocenters. The lowest BCUT2D eigenvalue weighted by Crippen LogP contribution is -2.30. The first-order valence-corrected chi connectivity index (χ1v) is 19.0. The zero-order valence-electron chi connectivity index (χ0n) is 30.3. The summed E-state index contributed by atoms with van der Waals surface area (Å²) >= 11 is 0. The van der Waals surface area contributed by atoms with Gasteiger partial charge >= 0.3 is 0 Å². The van der Waals surface area contributed by atoms with Gasteiger partial charge in [0, 0.05) is 44.9 Å². The Bertz CT molecular complexity index is 2800. The van der Waals surface area contributed by atoms with E-state index in [2.05, 4.69) is 181 Å². The topological polar surface area (TPSA) is 55.1 Å². The maximum atomic E-state index is 6.68. The number of fused-ring (bicyclic) bond motifs is 7. The van der Waals surface area contributed by atoms with Gasteiger partial charge in [0.25, 0.3) is 0 Å². The molecule has 3 heterocycles. The molecular weight excluding hydrogens is 685 g/mol. The Kier molecular flexibility index (Phi) is 7.56. The number of para-hydroxylation sites is 2. The monoisotopic (exact) mass is 718 g/mol. The zero-order chi connectivity index (χ0) is 37.0. The van der Waals surface area contributed by atoms with Crippen LogP contribution in [-0.2, 0) is 0 Å². The first-order valence-electron chi connectivity index (χ1n) is 19.0. The highest BCUT2D eigenvalue weighted by Gasteiger charge is 2.43. The third-order valence-electron chi connectivity index (χ3n) is 11.1. The van der Waals surface area contributed by atoms with E-state index in [1.54, 1.807) is 0 Å². The Balaban J connectivity index is 1.08. The molecule has 264 valence electrons. The van der Waals surface area contributed by atoms with Gasteiger partial charge in [0.05, 0.1) is 6.04 Å². The lowest BCUT2D eigenvalue weighted by molar-refractivity contribution is 0.584. The van der Waals surface area contributed by atoms with Gasteiger partial charge in [-0.3, -0.25) is 0 Å². The number of furan rings is 1. The molecule has 0 fully saturated rings. The second kappa shape index (κ2) is 13.2. The molecule has 1 aliphatic carbocycles. The number of hydrogen-bond donors (Lipinski definition) is 0.